The van der Waals surface area contributed by atoms with Crippen LogP contribution in [0.4, 0.5) is 0 Å². The molecule has 0 spiro atoms. The van der Waals surface area contributed by atoms with Gasteiger partial charge in [-0.3, -0.25) is 0 Å². The molecule has 0 aliphatic heterocycles. The molecule has 0 radical (unpaired) electrons. The first-order chi connectivity index (χ1) is 23.1. The summed E-state index contributed by atoms with van der Waals surface area (Å²) in [5.41, 5.74) is 9.40. The second-order valence-electron chi connectivity index (χ2n) is 11.6. The first kappa shape index (κ1) is 26.8. The fraction of sp³-hybridized carbons (Fsp3) is 0.0244. The first-order valence-corrected chi connectivity index (χ1v) is 15.3. The van der Waals surface area contributed by atoms with Crippen molar-refractivity contribution in [3.05, 3.63) is 139 Å². The van der Waals surface area contributed by atoms with Gasteiger partial charge in [-0.1, -0.05) is 84.4 Å². The average molecular weight is 605 g/mol. The maximum Gasteiger partial charge on any atom is 0.164 e. The van der Waals surface area contributed by atoms with Crippen molar-refractivity contribution in [2.75, 3.05) is 0 Å². The molecule has 6 nitrogen and oxygen atoms in total. The highest BCUT2D eigenvalue weighted by molar-refractivity contribution is 6.13. The lowest BCUT2D eigenvalue weighted by Crippen LogP contribution is -2.00. The van der Waals surface area contributed by atoms with E-state index in [0.29, 0.717) is 34.2 Å². The van der Waals surface area contributed by atoms with Gasteiger partial charge in [-0.05, 0) is 66.6 Å². The van der Waals surface area contributed by atoms with E-state index in [1.165, 1.54) is 0 Å². The number of aryl methyl sites for hydroxylation is 1. The first-order valence-electron chi connectivity index (χ1n) is 15.3. The van der Waals surface area contributed by atoms with Crippen molar-refractivity contribution < 1.29 is 8.83 Å². The van der Waals surface area contributed by atoms with Crippen LogP contribution >= 0.6 is 0 Å². The van der Waals surface area contributed by atoms with Crippen molar-refractivity contribution >= 4 is 43.9 Å². The van der Waals surface area contributed by atoms with Gasteiger partial charge in [0, 0.05) is 38.2 Å². The SMILES string of the molecule is Cc1cccc(-c2nc(-c3ccc4c(c3)oc3cccc(-c5ccccc5)c34)nc(-c3cccc4oc5ccc(C#N)cc5c34)n2)c1. The van der Waals surface area contributed by atoms with Gasteiger partial charge in [0.1, 0.15) is 22.3 Å². The lowest BCUT2D eigenvalue weighted by Gasteiger charge is -2.10. The Morgan fingerprint density at radius 1 is 0.489 bits per heavy atom. The Morgan fingerprint density at radius 2 is 1.15 bits per heavy atom. The molecule has 6 aromatic carbocycles. The van der Waals surface area contributed by atoms with E-state index in [1.54, 1.807) is 6.07 Å². The number of benzene rings is 6. The summed E-state index contributed by atoms with van der Waals surface area (Å²) in [7, 11) is 0. The molecule has 9 rings (SSSR count). The molecule has 0 saturated carbocycles. The third kappa shape index (κ3) is 4.45. The molecule has 47 heavy (non-hydrogen) atoms. The lowest BCUT2D eigenvalue weighted by atomic mass is 9.99. The van der Waals surface area contributed by atoms with Crippen LogP contribution in [0, 0.1) is 18.3 Å². The Labute approximate surface area is 269 Å². The standard InChI is InChI=1S/C41H24N4O2/c1-24-8-5-11-27(20-24)39-43-40(45-41(44-39)31-13-7-15-35-38(31)32-21-25(23-42)16-19-33(32)46-35)28-17-18-30-36(22-28)47-34-14-6-12-29(37(30)34)26-9-3-2-4-10-26/h2-22H,1H3. The minimum Gasteiger partial charge on any atom is -0.456 e. The molecule has 0 aliphatic carbocycles. The second-order valence-corrected chi connectivity index (χ2v) is 11.6. The van der Waals surface area contributed by atoms with Crippen LogP contribution in [-0.2, 0) is 0 Å². The van der Waals surface area contributed by atoms with E-state index in [1.807, 2.05) is 84.9 Å². The van der Waals surface area contributed by atoms with Crippen LogP contribution in [0.5, 0.6) is 0 Å². The number of rotatable bonds is 4. The summed E-state index contributed by atoms with van der Waals surface area (Å²) in [6.45, 7) is 2.05. The molecule has 0 N–H and O–H groups in total. The van der Waals surface area contributed by atoms with Gasteiger partial charge in [0.25, 0.3) is 0 Å². The van der Waals surface area contributed by atoms with Crippen molar-refractivity contribution in [2.45, 2.75) is 6.92 Å². The third-order valence-electron chi connectivity index (χ3n) is 8.62. The molecule has 0 saturated heterocycles. The van der Waals surface area contributed by atoms with Crippen LogP contribution in [-0.4, -0.2) is 15.0 Å². The number of hydrogen-bond donors (Lipinski definition) is 0. The molecule has 0 bridgehead atoms. The second kappa shape index (κ2) is 10.5. The normalized spacial score (nSPS) is 11.5. The van der Waals surface area contributed by atoms with Crippen molar-refractivity contribution in [1.29, 1.82) is 5.26 Å². The lowest BCUT2D eigenvalue weighted by molar-refractivity contribution is 0.668. The molecule has 3 heterocycles. The fourth-order valence-corrected chi connectivity index (χ4v) is 6.44. The Bertz CT molecular complexity index is 2720. The van der Waals surface area contributed by atoms with E-state index in [2.05, 4.69) is 49.4 Å². The summed E-state index contributed by atoms with van der Waals surface area (Å²) in [6.07, 6.45) is 0. The van der Waals surface area contributed by atoms with Gasteiger partial charge in [-0.25, -0.2) is 15.0 Å². The quantitative estimate of drug-likeness (QED) is 0.199. The molecular weight excluding hydrogens is 580 g/mol. The van der Waals surface area contributed by atoms with Crippen molar-refractivity contribution in [2.24, 2.45) is 0 Å². The van der Waals surface area contributed by atoms with Gasteiger partial charge in [0.15, 0.2) is 17.5 Å². The van der Waals surface area contributed by atoms with Crippen molar-refractivity contribution in [3.8, 4) is 51.4 Å². The number of nitrogens with zero attached hydrogens (tertiary/aromatic N) is 4. The molecule has 9 aromatic rings. The number of fused-ring (bicyclic) bond motifs is 6. The smallest absolute Gasteiger partial charge is 0.164 e. The molecule has 0 amide bonds. The molecule has 3 aromatic heterocycles. The minimum absolute atomic E-state index is 0.512. The third-order valence-corrected chi connectivity index (χ3v) is 8.62. The predicted octanol–water partition coefficient (Wildman–Crippen LogP) is 10.5. The zero-order chi connectivity index (χ0) is 31.5. The highest BCUT2D eigenvalue weighted by atomic mass is 16.3. The van der Waals surface area contributed by atoms with Gasteiger partial charge in [-0.15, -0.1) is 0 Å². The summed E-state index contributed by atoms with van der Waals surface area (Å²) < 4.78 is 12.6. The van der Waals surface area contributed by atoms with Crippen LogP contribution < -0.4 is 0 Å². The summed E-state index contributed by atoms with van der Waals surface area (Å²) in [6, 6.07) is 44.4. The Hall–Kier alpha value is -6.58. The zero-order valence-corrected chi connectivity index (χ0v) is 25.2. The highest BCUT2D eigenvalue weighted by Crippen LogP contribution is 2.39. The Morgan fingerprint density at radius 3 is 1.91 bits per heavy atom. The maximum atomic E-state index is 9.61. The number of nitriles is 1. The van der Waals surface area contributed by atoms with E-state index in [0.717, 1.165) is 66.1 Å². The number of furan rings is 2. The van der Waals surface area contributed by atoms with E-state index in [-0.39, 0.29) is 0 Å². The van der Waals surface area contributed by atoms with Crippen LogP contribution in [0.25, 0.3) is 89.2 Å². The van der Waals surface area contributed by atoms with Gasteiger partial charge in [-0.2, -0.15) is 5.26 Å². The molecule has 0 aliphatic rings. The van der Waals surface area contributed by atoms with Gasteiger partial charge < -0.3 is 8.83 Å². The van der Waals surface area contributed by atoms with E-state index >= 15 is 0 Å². The molecule has 220 valence electrons. The van der Waals surface area contributed by atoms with Crippen LogP contribution in [0.3, 0.4) is 0 Å². The topological polar surface area (TPSA) is 88.7 Å². The summed E-state index contributed by atoms with van der Waals surface area (Å²) in [5.74, 6) is 1.60. The number of hydrogen-bond acceptors (Lipinski definition) is 6. The molecule has 0 atom stereocenters. The Balaban J connectivity index is 1.27. The van der Waals surface area contributed by atoms with Gasteiger partial charge in [0.05, 0.1) is 11.6 Å². The van der Waals surface area contributed by atoms with Crippen LogP contribution in [0.2, 0.25) is 0 Å². The molecular formula is C41H24N4O2. The monoisotopic (exact) mass is 604 g/mol. The van der Waals surface area contributed by atoms with Crippen LogP contribution in [0.1, 0.15) is 11.1 Å². The summed E-state index contributed by atoms with van der Waals surface area (Å²) in [5, 5.41) is 13.4. The minimum atomic E-state index is 0.512. The van der Waals surface area contributed by atoms with Crippen molar-refractivity contribution in [3.63, 3.8) is 0 Å². The van der Waals surface area contributed by atoms with E-state index in [9.17, 15) is 5.26 Å². The van der Waals surface area contributed by atoms with Crippen LogP contribution in [0.15, 0.2) is 136 Å². The number of aromatic nitrogens is 3. The van der Waals surface area contributed by atoms with E-state index < -0.39 is 0 Å². The molecule has 0 unspecified atom stereocenters. The largest absolute Gasteiger partial charge is 0.456 e. The molecule has 6 heteroatoms. The molecule has 0 fully saturated rings. The summed E-state index contributed by atoms with van der Waals surface area (Å²) >= 11 is 0. The fourth-order valence-electron chi connectivity index (χ4n) is 6.44. The van der Waals surface area contributed by atoms with Gasteiger partial charge in [0.2, 0.25) is 0 Å². The highest BCUT2D eigenvalue weighted by Gasteiger charge is 2.19. The van der Waals surface area contributed by atoms with Gasteiger partial charge >= 0.3 is 0 Å². The Kier molecular flexibility index (Phi) is 5.99. The maximum absolute atomic E-state index is 9.61. The summed E-state index contributed by atoms with van der Waals surface area (Å²) in [4.78, 5) is 15.1. The zero-order valence-electron chi connectivity index (χ0n) is 25.2. The average Bonchev–Trinajstić information content (AvgIpc) is 3.69. The van der Waals surface area contributed by atoms with E-state index in [4.69, 9.17) is 23.8 Å². The predicted molar refractivity (Wildman–Crippen MR) is 186 cm³/mol. The van der Waals surface area contributed by atoms with Crippen molar-refractivity contribution in [1.82, 2.24) is 15.0 Å².